The molecule has 4 aliphatic rings. The van der Waals surface area contributed by atoms with Crippen LogP contribution in [-0.4, -0.2) is 203 Å². The summed E-state index contributed by atoms with van der Waals surface area (Å²) < 4.78 is 55.6. The molecule has 0 aromatic carbocycles. The lowest BCUT2D eigenvalue weighted by Crippen LogP contribution is -2.74. The topological polar surface area (TPSA) is 400 Å². The number of hydrogen-bond donors (Lipinski definition) is 12. The number of nitrogens with two attached hydrogens (primary N) is 1. The van der Waals surface area contributed by atoms with Crippen LogP contribution in [-0.2, 0) is 71.3 Å². The number of hydrogen-bond acceptors (Lipinski definition) is 21. The number of rotatable bonds is 20. The standard InChI is InChI=1S/C45H77BN8O19/c1-13-45(12,72-36-19(5)67-44(73-46-49)33(51-21(7)48)40(36)69-25(11)59)41-31(53-23(9)57)29(54-28(60)14-16(2)55)26(37(70-41)42(63)64)15-27-30(52-22(8)56)38(34(61)17(3)65-27)71-43-32(50-20(6)47)39(68-24(10)58)35(62)18(4)66-43/h16-19,26-27,29-41,43-44,46,55,61-62H,13-15,49H2,1-12H3,(H2,47,50)(H2,48,51)(H,52,56)(H,53,57)(H,54,60)(H,63,64)/t16-,17?,18?,19?,26?,27?,29?,30?,31?,32?,33?,34?,35?,36?,37?,38?,39?,40?,41?,43?,44?,45?/m1/s1. The van der Waals surface area contributed by atoms with Crippen molar-refractivity contribution >= 4 is 54.9 Å². The summed E-state index contributed by atoms with van der Waals surface area (Å²) in [6.45, 7) is 16.7. The number of aliphatic hydroxyl groups is 3. The van der Waals surface area contributed by atoms with Crippen molar-refractivity contribution < 1.29 is 91.7 Å². The van der Waals surface area contributed by atoms with Gasteiger partial charge in [-0.1, -0.05) is 6.92 Å². The molecule has 4 aliphatic heterocycles. The molecule has 28 heteroatoms. The lowest BCUT2D eigenvalue weighted by Gasteiger charge is -2.55. The van der Waals surface area contributed by atoms with Crippen LogP contribution in [0, 0.1) is 16.7 Å². The van der Waals surface area contributed by atoms with Crippen molar-refractivity contribution in [3.05, 3.63) is 0 Å². The van der Waals surface area contributed by atoms with Crippen LogP contribution >= 0.6 is 0 Å². The predicted molar refractivity (Wildman–Crippen MR) is 255 cm³/mol. The second-order valence-corrected chi connectivity index (χ2v) is 19.5. The molecule has 4 heterocycles. The van der Waals surface area contributed by atoms with E-state index in [2.05, 4.69) is 26.6 Å². The zero-order valence-electron chi connectivity index (χ0n) is 43.4. The first-order valence-electron chi connectivity index (χ1n) is 24.4. The van der Waals surface area contributed by atoms with Gasteiger partial charge in [0.25, 0.3) is 0 Å². The molecule has 73 heavy (non-hydrogen) atoms. The normalized spacial score (nSPS) is 37.7. The van der Waals surface area contributed by atoms with E-state index >= 15 is 0 Å². The third kappa shape index (κ3) is 15.5. The van der Waals surface area contributed by atoms with Gasteiger partial charge in [-0.3, -0.25) is 34.8 Å². The van der Waals surface area contributed by atoms with Gasteiger partial charge in [-0.2, -0.15) is 0 Å². The highest BCUT2D eigenvalue weighted by Crippen LogP contribution is 2.42. The average Bonchev–Trinajstić information content (AvgIpc) is 3.26. The van der Waals surface area contributed by atoms with E-state index in [1.54, 1.807) is 20.8 Å². The van der Waals surface area contributed by atoms with E-state index in [-0.39, 0.29) is 25.7 Å². The molecular formula is C45H77BN8O19. The van der Waals surface area contributed by atoms with Gasteiger partial charge in [-0.05, 0) is 61.3 Å². The quantitative estimate of drug-likeness (QED) is 0.0251. The van der Waals surface area contributed by atoms with Crippen LogP contribution in [0.4, 0.5) is 0 Å². The second kappa shape index (κ2) is 26.2. The van der Waals surface area contributed by atoms with Crippen LogP contribution in [0.2, 0.25) is 0 Å². The fourth-order valence-electron chi connectivity index (χ4n) is 10.1. The SMILES string of the molecule is CCC(C)(OC1C(C)OC(OBN)C(NC(C)=N)C1OC(C)=O)C1OC(C(=O)O)C(CC2OC(C)C(O)C(OC3OC(C)C(O)C(OC(C)=O)C3NC(C)=N)C2NC(C)=O)C(NC(=O)C[C@@H](C)O)C1NC(C)=O. The lowest BCUT2D eigenvalue weighted by atomic mass is 9.73. The summed E-state index contributed by atoms with van der Waals surface area (Å²) in [6.07, 6.45) is -20.5. The van der Waals surface area contributed by atoms with Gasteiger partial charge in [0.15, 0.2) is 30.9 Å². The Morgan fingerprint density at radius 2 is 1.22 bits per heavy atom. The number of carbonyl (C=O) groups excluding carboxylic acids is 5. The minimum Gasteiger partial charge on any atom is -0.479 e. The molecular weight excluding hydrogens is 967 g/mol. The van der Waals surface area contributed by atoms with Crippen molar-refractivity contribution in [2.45, 2.75) is 230 Å². The molecule has 0 spiro atoms. The van der Waals surface area contributed by atoms with Crippen LogP contribution < -0.4 is 32.2 Å². The van der Waals surface area contributed by atoms with E-state index in [4.69, 9.17) is 59.0 Å². The van der Waals surface area contributed by atoms with Crippen molar-refractivity contribution in [1.29, 1.82) is 10.8 Å². The van der Waals surface area contributed by atoms with Gasteiger partial charge < -0.3 is 95.2 Å². The molecule has 0 aromatic rings. The molecule has 414 valence electrons. The number of carboxylic acids is 1. The van der Waals surface area contributed by atoms with Gasteiger partial charge in [0, 0.05) is 33.6 Å². The number of amides is 3. The molecule has 0 saturated carbocycles. The highest BCUT2D eigenvalue weighted by Gasteiger charge is 2.60. The van der Waals surface area contributed by atoms with E-state index in [9.17, 15) is 49.2 Å². The maximum absolute atomic E-state index is 13.9. The minimum absolute atomic E-state index is 0.0227. The van der Waals surface area contributed by atoms with Crippen LogP contribution in [0.5, 0.6) is 0 Å². The van der Waals surface area contributed by atoms with Gasteiger partial charge >= 0.3 is 25.5 Å². The summed E-state index contributed by atoms with van der Waals surface area (Å²) in [5.41, 5.74) is 4.07. The Labute approximate surface area is 424 Å². The Balaban J connectivity index is 1.88. The van der Waals surface area contributed by atoms with Crippen molar-refractivity contribution in [1.82, 2.24) is 26.6 Å². The molecule has 0 aliphatic carbocycles. The zero-order valence-corrected chi connectivity index (χ0v) is 43.4. The summed E-state index contributed by atoms with van der Waals surface area (Å²) in [5, 5.41) is 75.0. The summed E-state index contributed by atoms with van der Waals surface area (Å²) in [5.74, 6) is -6.62. The molecule has 27 nitrogen and oxygen atoms in total. The highest BCUT2D eigenvalue weighted by atomic mass is 16.7. The molecule has 4 fully saturated rings. The van der Waals surface area contributed by atoms with Crippen molar-refractivity contribution in [2.75, 3.05) is 0 Å². The smallest absolute Gasteiger partial charge is 0.360 e. The maximum atomic E-state index is 13.9. The van der Waals surface area contributed by atoms with Gasteiger partial charge in [0.2, 0.25) is 17.7 Å². The third-order valence-electron chi connectivity index (χ3n) is 13.3. The predicted octanol–water partition coefficient (Wildman–Crippen LogP) is -2.94. The largest absolute Gasteiger partial charge is 0.479 e. The number of nitrogens with one attached hydrogen (secondary N) is 7. The molecule has 4 rings (SSSR count). The van der Waals surface area contributed by atoms with E-state index in [1.165, 1.54) is 55.4 Å². The Morgan fingerprint density at radius 1 is 0.699 bits per heavy atom. The zero-order chi connectivity index (χ0) is 55.0. The van der Waals surface area contributed by atoms with Crippen molar-refractivity contribution in [3.8, 4) is 0 Å². The molecule has 0 radical (unpaired) electrons. The van der Waals surface area contributed by atoms with Gasteiger partial charge in [0.05, 0.1) is 72.3 Å². The number of aliphatic carboxylic acids is 1. The number of aliphatic hydroxyl groups excluding tert-OH is 3. The number of carbonyl (C=O) groups is 6. The lowest BCUT2D eigenvalue weighted by molar-refractivity contribution is -0.304. The molecule has 3 amide bonds. The molecule has 21 unspecified atom stereocenters. The number of carboxylic acid groups (broad SMARTS) is 1. The van der Waals surface area contributed by atoms with E-state index < -0.39 is 182 Å². The van der Waals surface area contributed by atoms with E-state index in [0.717, 1.165) is 6.92 Å². The Kier molecular flexibility index (Phi) is 21.9. The summed E-state index contributed by atoms with van der Waals surface area (Å²) >= 11 is 0. The second-order valence-electron chi connectivity index (χ2n) is 19.5. The monoisotopic (exact) mass is 1040 g/mol. The van der Waals surface area contributed by atoms with Crippen molar-refractivity contribution in [3.63, 3.8) is 0 Å². The molecule has 0 bridgehead atoms. The fourth-order valence-corrected chi connectivity index (χ4v) is 10.1. The Morgan fingerprint density at radius 3 is 1.73 bits per heavy atom. The van der Waals surface area contributed by atoms with Crippen molar-refractivity contribution in [2.24, 2.45) is 11.6 Å². The van der Waals surface area contributed by atoms with Crippen LogP contribution in [0.1, 0.15) is 102 Å². The number of ether oxygens (including phenoxy) is 8. The Hall–Kier alpha value is -4.62. The van der Waals surface area contributed by atoms with Crippen LogP contribution in [0.3, 0.4) is 0 Å². The summed E-state index contributed by atoms with van der Waals surface area (Å²) in [4.78, 5) is 79.1. The average molecular weight is 1040 g/mol. The van der Waals surface area contributed by atoms with Gasteiger partial charge in [0.1, 0.15) is 42.6 Å². The Bertz CT molecular complexity index is 1980. The molecule has 4 saturated heterocycles. The van der Waals surface area contributed by atoms with E-state index in [1.807, 2.05) is 0 Å². The molecule has 0 aromatic heterocycles. The minimum atomic E-state index is -1.87. The maximum Gasteiger partial charge on any atom is 0.360 e. The molecule has 22 atom stereocenters. The van der Waals surface area contributed by atoms with Crippen LogP contribution in [0.25, 0.3) is 0 Å². The fraction of sp³-hybridized carbons (Fsp3) is 0.822. The number of esters is 2. The first kappa shape index (κ1) is 60.9. The molecule has 13 N–H and O–H groups in total. The highest BCUT2D eigenvalue weighted by molar-refractivity contribution is 6.22. The first-order chi connectivity index (χ1) is 34.0. The van der Waals surface area contributed by atoms with E-state index in [0.29, 0.717) is 0 Å². The van der Waals surface area contributed by atoms with Gasteiger partial charge in [-0.25, -0.2) is 4.79 Å². The van der Waals surface area contributed by atoms with Crippen LogP contribution in [0.15, 0.2) is 0 Å². The first-order valence-corrected chi connectivity index (χ1v) is 24.4. The van der Waals surface area contributed by atoms with Gasteiger partial charge in [-0.15, -0.1) is 0 Å². The number of amidine groups is 2. The summed E-state index contributed by atoms with van der Waals surface area (Å²) in [6, 6.07) is -6.40. The third-order valence-corrected chi connectivity index (χ3v) is 13.3. The summed E-state index contributed by atoms with van der Waals surface area (Å²) in [7, 11) is -0.309.